The third-order valence-corrected chi connectivity index (χ3v) is 6.29. The number of cyclic esters (lactones) is 1. The van der Waals surface area contributed by atoms with E-state index in [0.717, 1.165) is 12.1 Å². The summed E-state index contributed by atoms with van der Waals surface area (Å²) in [6, 6.07) is 13.1. The molecule has 0 saturated heterocycles. The Bertz CT molecular complexity index is 1280. The normalized spacial score (nSPS) is 14.8. The lowest BCUT2D eigenvalue weighted by atomic mass is 9.99. The molecule has 3 aromatic carbocycles. The standard InChI is InChI=1S/C21H15ClFNO5S/c1-28-20-17(22)8-13-9-19(20)30(26,27)24-14-6-7-18(23)16(10-14)15-5-3-2-4-12(15)11-29-21(13)25/h2-10,24H,11H2,1H3. The van der Waals surface area contributed by atoms with Crippen molar-refractivity contribution in [2.24, 2.45) is 0 Å². The molecule has 0 radical (unpaired) electrons. The Morgan fingerprint density at radius 3 is 2.63 bits per heavy atom. The third kappa shape index (κ3) is 3.59. The van der Waals surface area contributed by atoms with E-state index in [1.54, 1.807) is 24.3 Å². The van der Waals surface area contributed by atoms with Gasteiger partial charge in [-0.1, -0.05) is 35.9 Å². The van der Waals surface area contributed by atoms with Crippen LogP contribution >= 0.6 is 11.6 Å². The van der Waals surface area contributed by atoms with Gasteiger partial charge in [-0.25, -0.2) is 17.6 Å². The SMILES string of the molecule is COc1c(Cl)cc2cc1S(=O)(=O)Nc1ccc(F)c(c1)-c1ccccc1COC2=O. The monoisotopic (exact) mass is 447 g/mol. The minimum Gasteiger partial charge on any atom is -0.494 e. The van der Waals surface area contributed by atoms with E-state index in [4.69, 9.17) is 21.1 Å². The predicted octanol–water partition coefficient (Wildman–Crippen LogP) is 4.63. The Hall–Kier alpha value is -3.10. The van der Waals surface area contributed by atoms with Crippen molar-refractivity contribution in [3.05, 3.63) is 76.6 Å². The third-order valence-electron chi connectivity index (χ3n) is 4.62. The van der Waals surface area contributed by atoms with Gasteiger partial charge in [0.25, 0.3) is 10.0 Å². The first-order valence-corrected chi connectivity index (χ1v) is 10.6. The Balaban J connectivity index is 1.98. The number of hydrogen-bond donors (Lipinski definition) is 1. The second kappa shape index (κ2) is 7.62. The van der Waals surface area contributed by atoms with E-state index in [9.17, 15) is 17.6 Å². The minimum atomic E-state index is -4.23. The van der Waals surface area contributed by atoms with Gasteiger partial charge >= 0.3 is 5.97 Å². The zero-order valence-corrected chi connectivity index (χ0v) is 17.2. The van der Waals surface area contributed by atoms with Crippen molar-refractivity contribution >= 4 is 33.3 Å². The van der Waals surface area contributed by atoms with Gasteiger partial charge in [-0.2, -0.15) is 0 Å². The molecule has 0 unspecified atom stereocenters. The summed E-state index contributed by atoms with van der Waals surface area (Å²) in [7, 11) is -2.96. The average Bonchev–Trinajstić information content (AvgIpc) is 2.72. The summed E-state index contributed by atoms with van der Waals surface area (Å²) >= 11 is 6.16. The maximum Gasteiger partial charge on any atom is 0.338 e. The van der Waals surface area contributed by atoms with Gasteiger partial charge in [-0.15, -0.1) is 0 Å². The first-order chi connectivity index (χ1) is 14.3. The van der Waals surface area contributed by atoms with Crippen molar-refractivity contribution in [3.8, 4) is 16.9 Å². The molecule has 0 fully saturated rings. The quantitative estimate of drug-likeness (QED) is 0.550. The van der Waals surface area contributed by atoms with Crippen LogP contribution in [0.25, 0.3) is 11.1 Å². The molecule has 6 nitrogen and oxygen atoms in total. The van der Waals surface area contributed by atoms with E-state index in [0.29, 0.717) is 11.1 Å². The number of anilines is 1. The molecular formula is C21H15ClFNO5S. The van der Waals surface area contributed by atoms with Crippen LogP contribution in [0.5, 0.6) is 5.75 Å². The number of carbonyl (C=O) groups excluding carboxylic acids is 1. The van der Waals surface area contributed by atoms with Crippen molar-refractivity contribution in [1.82, 2.24) is 0 Å². The van der Waals surface area contributed by atoms with E-state index in [1.165, 1.54) is 25.3 Å². The zero-order chi connectivity index (χ0) is 21.5. The van der Waals surface area contributed by atoms with Gasteiger partial charge in [0.2, 0.25) is 0 Å². The molecule has 4 bridgehead atoms. The molecule has 30 heavy (non-hydrogen) atoms. The lowest BCUT2D eigenvalue weighted by molar-refractivity contribution is 0.0473. The van der Waals surface area contributed by atoms with Crippen LogP contribution in [0, 0.1) is 5.82 Å². The lowest BCUT2D eigenvalue weighted by Crippen LogP contribution is -2.16. The Labute approximate surface area is 177 Å². The van der Waals surface area contributed by atoms with E-state index < -0.39 is 21.8 Å². The van der Waals surface area contributed by atoms with Gasteiger partial charge in [0, 0.05) is 11.3 Å². The Kier molecular flexibility index (Phi) is 5.13. The summed E-state index contributed by atoms with van der Waals surface area (Å²) in [5, 5.41) is -0.0672. The topological polar surface area (TPSA) is 81.7 Å². The van der Waals surface area contributed by atoms with Crippen molar-refractivity contribution in [2.45, 2.75) is 11.5 Å². The molecule has 0 spiro atoms. The van der Waals surface area contributed by atoms with Crippen LogP contribution in [-0.4, -0.2) is 21.5 Å². The molecule has 0 aliphatic carbocycles. The Morgan fingerprint density at radius 2 is 1.87 bits per heavy atom. The van der Waals surface area contributed by atoms with Crippen LogP contribution in [0.4, 0.5) is 10.1 Å². The molecule has 0 atom stereocenters. The summed E-state index contributed by atoms with van der Waals surface area (Å²) in [6.45, 7) is -0.141. The maximum atomic E-state index is 14.6. The summed E-state index contributed by atoms with van der Waals surface area (Å²) in [5.74, 6) is -1.45. The fourth-order valence-electron chi connectivity index (χ4n) is 3.22. The van der Waals surface area contributed by atoms with Crippen LogP contribution in [0.15, 0.2) is 59.5 Å². The number of carbonyl (C=O) groups is 1. The number of hydrogen-bond acceptors (Lipinski definition) is 5. The number of rotatable bonds is 1. The van der Waals surface area contributed by atoms with Crippen molar-refractivity contribution < 1.29 is 27.1 Å². The highest BCUT2D eigenvalue weighted by atomic mass is 35.5. The molecule has 1 N–H and O–H groups in total. The number of esters is 1. The molecule has 1 aliphatic heterocycles. The zero-order valence-electron chi connectivity index (χ0n) is 15.6. The number of fused-ring (bicyclic) bond motifs is 6. The van der Waals surface area contributed by atoms with Crippen LogP contribution in [0.1, 0.15) is 15.9 Å². The van der Waals surface area contributed by atoms with Gasteiger partial charge in [0.05, 0.1) is 17.7 Å². The first-order valence-electron chi connectivity index (χ1n) is 8.75. The van der Waals surface area contributed by atoms with Gasteiger partial charge < -0.3 is 9.47 Å². The van der Waals surface area contributed by atoms with Crippen molar-refractivity contribution in [3.63, 3.8) is 0 Å². The van der Waals surface area contributed by atoms with E-state index in [-0.39, 0.29) is 39.1 Å². The van der Waals surface area contributed by atoms with Crippen LogP contribution in [0.2, 0.25) is 5.02 Å². The number of halogens is 2. The minimum absolute atomic E-state index is 0.0595. The number of methoxy groups -OCH3 is 1. The molecule has 9 heteroatoms. The molecule has 3 aromatic rings. The molecule has 1 aliphatic rings. The number of benzene rings is 3. The highest BCUT2D eigenvalue weighted by Gasteiger charge is 2.26. The first kappa shape index (κ1) is 20.2. The fourth-order valence-corrected chi connectivity index (χ4v) is 4.84. The molecule has 4 rings (SSSR count). The van der Waals surface area contributed by atoms with Gasteiger partial charge in [0.1, 0.15) is 17.3 Å². The summed E-state index contributed by atoms with van der Waals surface area (Å²) in [6.07, 6.45) is 0. The second-order valence-electron chi connectivity index (χ2n) is 6.52. The number of sulfonamides is 1. The van der Waals surface area contributed by atoms with Crippen LogP contribution in [0.3, 0.4) is 0 Å². The van der Waals surface area contributed by atoms with Gasteiger partial charge in [-0.05, 0) is 41.5 Å². The van der Waals surface area contributed by atoms with E-state index >= 15 is 0 Å². The summed E-state index contributed by atoms with van der Waals surface area (Å²) < 4.78 is 53.6. The number of nitrogens with one attached hydrogen (secondary N) is 1. The van der Waals surface area contributed by atoms with Crippen molar-refractivity contribution in [1.29, 1.82) is 0 Å². The molecule has 0 saturated carbocycles. The summed E-state index contributed by atoms with van der Waals surface area (Å²) in [4.78, 5) is 12.3. The average molecular weight is 448 g/mol. The fraction of sp³-hybridized carbons (Fsp3) is 0.0952. The lowest BCUT2D eigenvalue weighted by Gasteiger charge is -2.14. The molecule has 0 aromatic heterocycles. The van der Waals surface area contributed by atoms with Crippen LogP contribution in [-0.2, 0) is 21.4 Å². The predicted molar refractivity (Wildman–Crippen MR) is 110 cm³/mol. The van der Waals surface area contributed by atoms with Crippen LogP contribution < -0.4 is 9.46 Å². The van der Waals surface area contributed by atoms with Gasteiger partial charge in [0.15, 0.2) is 5.75 Å². The molecule has 154 valence electrons. The largest absolute Gasteiger partial charge is 0.494 e. The Morgan fingerprint density at radius 1 is 1.10 bits per heavy atom. The maximum absolute atomic E-state index is 14.6. The highest BCUT2D eigenvalue weighted by Crippen LogP contribution is 2.36. The van der Waals surface area contributed by atoms with E-state index in [1.807, 2.05) is 0 Å². The smallest absolute Gasteiger partial charge is 0.338 e. The molecule has 0 amide bonds. The highest BCUT2D eigenvalue weighted by molar-refractivity contribution is 7.92. The number of ether oxygens (including phenoxy) is 2. The molecule has 1 heterocycles. The second-order valence-corrected chi connectivity index (χ2v) is 8.58. The van der Waals surface area contributed by atoms with Crippen molar-refractivity contribution in [2.75, 3.05) is 11.8 Å². The van der Waals surface area contributed by atoms with Gasteiger partial charge in [-0.3, -0.25) is 4.72 Å². The summed E-state index contributed by atoms with van der Waals surface area (Å²) in [5.41, 5.74) is 1.28. The molecular weight excluding hydrogens is 433 g/mol. The van der Waals surface area contributed by atoms with E-state index in [2.05, 4.69) is 4.72 Å².